The Labute approximate surface area is 202 Å². The van der Waals surface area contributed by atoms with Crippen LogP contribution in [0.3, 0.4) is 0 Å². The van der Waals surface area contributed by atoms with Gasteiger partial charge in [-0.15, -0.1) is 0 Å². The fourth-order valence-electron chi connectivity index (χ4n) is 6.48. The van der Waals surface area contributed by atoms with Crippen molar-refractivity contribution < 1.29 is 4.79 Å². The Bertz CT molecular complexity index is 1780. The zero-order valence-corrected chi connectivity index (χ0v) is 18.8. The van der Waals surface area contributed by atoms with Gasteiger partial charge in [0.05, 0.1) is 16.8 Å². The summed E-state index contributed by atoms with van der Waals surface area (Å²) in [5.74, 6) is 0.0417. The lowest BCUT2D eigenvalue weighted by atomic mass is 9.61. The van der Waals surface area contributed by atoms with Gasteiger partial charge in [-0.3, -0.25) is 4.79 Å². The molecule has 2 aliphatic carbocycles. The molecule has 2 heteroatoms. The zero-order chi connectivity index (χ0) is 23.1. The van der Waals surface area contributed by atoms with Gasteiger partial charge in [0.1, 0.15) is 0 Å². The first-order valence-electron chi connectivity index (χ1n) is 11.9. The van der Waals surface area contributed by atoms with Crippen molar-refractivity contribution in [3.8, 4) is 11.1 Å². The molecular weight excluding hydrogens is 426 g/mol. The number of hydrogen-bond acceptors (Lipinski definition) is 2. The summed E-state index contributed by atoms with van der Waals surface area (Å²) < 4.78 is 0. The van der Waals surface area contributed by atoms with Crippen LogP contribution in [0.25, 0.3) is 21.9 Å². The standard InChI is InChI=1S/C33H19NO/c35-30-19-29-32(25-14-4-3-13-24(25)30)34-31-21-10-2-1-9-20(21)17-18-28(31)33(29)26-15-7-5-11-22(26)23-12-6-8-16-27(23)33/h1-19H. The largest absolute Gasteiger partial charge is 0.289 e. The highest BCUT2D eigenvalue weighted by molar-refractivity contribution is 6.30. The summed E-state index contributed by atoms with van der Waals surface area (Å²) in [4.78, 5) is 18.8. The lowest BCUT2D eigenvalue weighted by Gasteiger charge is -2.41. The molecule has 0 saturated heterocycles. The minimum absolute atomic E-state index is 0.0417. The second-order valence-electron chi connectivity index (χ2n) is 9.45. The second-order valence-corrected chi connectivity index (χ2v) is 9.45. The summed E-state index contributed by atoms with van der Waals surface area (Å²) in [5, 5.41) is 2.30. The monoisotopic (exact) mass is 445 g/mol. The summed E-state index contributed by atoms with van der Waals surface area (Å²) in [5.41, 5.74) is 9.88. The zero-order valence-electron chi connectivity index (χ0n) is 18.8. The van der Waals surface area contributed by atoms with E-state index in [4.69, 9.17) is 4.99 Å². The predicted octanol–water partition coefficient (Wildman–Crippen LogP) is 7.41. The lowest BCUT2D eigenvalue weighted by molar-refractivity contribution is 0.104. The highest BCUT2D eigenvalue weighted by Crippen LogP contribution is 2.61. The topological polar surface area (TPSA) is 29.4 Å². The van der Waals surface area contributed by atoms with Gasteiger partial charge >= 0.3 is 0 Å². The highest BCUT2D eigenvalue weighted by atomic mass is 16.1. The predicted molar refractivity (Wildman–Crippen MR) is 141 cm³/mol. The Balaban J connectivity index is 1.62. The minimum Gasteiger partial charge on any atom is -0.289 e. The van der Waals surface area contributed by atoms with Crippen LogP contribution in [0.5, 0.6) is 0 Å². The molecular formula is C33H19NO. The molecule has 0 unspecified atom stereocenters. The fraction of sp³-hybridized carbons (Fsp3) is 0.0303. The number of allylic oxidation sites excluding steroid dienone is 2. The molecule has 0 bridgehead atoms. The number of fused-ring (bicyclic) bond motifs is 13. The molecule has 0 saturated carbocycles. The van der Waals surface area contributed by atoms with Crippen LogP contribution in [0.15, 0.2) is 126 Å². The molecule has 0 N–H and O–H groups in total. The Morgan fingerprint density at radius 2 is 1.14 bits per heavy atom. The molecule has 0 fully saturated rings. The third-order valence-electron chi connectivity index (χ3n) is 7.86. The molecule has 2 nitrogen and oxygen atoms in total. The summed E-state index contributed by atoms with van der Waals surface area (Å²) >= 11 is 0. The summed E-state index contributed by atoms with van der Waals surface area (Å²) in [6.45, 7) is 0. The number of ketones is 1. The molecule has 5 aromatic carbocycles. The highest BCUT2D eigenvalue weighted by Gasteiger charge is 2.53. The third-order valence-corrected chi connectivity index (χ3v) is 7.86. The molecule has 0 aromatic heterocycles. The Hall–Kier alpha value is -4.56. The van der Waals surface area contributed by atoms with E-state index in [1.807, 2.05) is 30.3 Å². The van der Waals surface area contributed by atoms with Crippen molar-refractivity contribution >= 4 is 28.0 Å². The van der Waals surface area contributed by atoms with Crippen molar-refractivity contribution in [1.82, 2.24) is 0 Å². The van der Waals surface area contributed by atoms with E-state index in [1.165, 1.54) is 22.3 Å². The van der Waals surface area contributed by atoms with E-state index >= 15 is 0 Å². The van der Waals surface area contributed by atoms with Crippen LogP contribution >= 0.6 is 0 Å². The van der Waals surface area contributed by atoms with E-state index in [0.29, 0.717) is 5.56 Å². The van der Waals surface area contributed by atoms with Gasteiger partial charge in [0, 0.05) is 22.1 Å². The maximum absolute atomic E-state index is 13.5. The van der Waals surface area contributed by atoms with Crippen molar-refractivity contribution in [2.24, 2.45) is 4.99 Å². The number of benzene rings is 5. The van der Waals surface area contributed by atoms with E-state index in [2.05, 4.69) is 84.9 Å². The van der Waals surface area contributed by atoms with Gasteiger partial charge in [0.15, 0.2) is 5.78 Å². The smallest absolute Gasteiger partial charge is 0.186 e. The Kier molecular flexibility index (Phi) is 3.51. The maximum Gasteiger partial charge on any atom is 0.186 e. The normalized spacial score (nSPS) is 16.1. The van der Waals surface area contributed by atoms with E-state index in [1.54, 1.807) is 0 Å². The number of aliphatic imine (C=N–C) groups is 1. The van der Waals surface area contributed by atoms with E-state index < -0.39 is 5.41 Å². The first-order valence-corrected chi connectivity index (χ1v) is 11.9. The molecule has 0 amide bonds. The summed E-state index contributed by atoms with van der Waals surface area (Å²) in [7, 11) is 0. The van der Waals surface area contributed by atoms with Gasteiger partial charge in [-0.1, -0.05) is 109 Å². The maximum atomic E-state index is 13.5. The first kappa shape index (κ1) is 18.8. The fourth-order valence-corrected chi connectivity index (χ4v) is 6.48. The minimum atomic E-state index is -0.604. The Morgan fingerprint density at radius 3 is 1.89 bits per heavy atom. The molecule has 5 aromatic rings. The average molecular weight is 446 g/mol. The van der Waals surface area contributed by atoms with Crippen LogP contribution in [0.2, 0.25) is 0 Å². The van der Waals surface area contributed by atoms with E-state index in [0.717, 1.165) is 38.9 Å². The van der Waals surface area contributed by atoms with Crippen LogP contribution in [-0.2, 0) is 5.41 Å². The van der Waals surface area contributed by atoms with Crippen LogP contribution in [0, 0.1) is 0 Å². The van der Waals surface area contributed by atoms with Crippen molar-refractivity contribution in [1.29, 1.82) is 0 Å². The first-order chi connectivity index (χ1) is 17.3. The van der Waals surface area contributed by atoms with Gasteiger partial charge in [-0.25, -0.2) is 4.99 Å². The SMILES string of the molecule is O=C1C=C2C(=Nc3c(ccc4ccccc34)C23c2ccccc2-c2ccccc23)c2ccccc21. The Morgan fingerprint density at radius 1 is 0.543 bits per heavy atom. The van der Waals surface area contributed by atoms with Crippen molar-refractivity contribution in [2.45, 2.75) is 5.41 Å². The van der Waals surface area contributed by atoms with Gasteiger partial charge < -0.3 is 0 Å². The molecule has 3 aliphatic rings. The number of nitrogens with zero attached hydrogens (tertiary/aromatic N) is 1. The van der Waals surface area contributed by atoms with Crippen LogP contribution in [0.4, 0.5) is 5.69 Å². The number of rotatable bonds is 0. The van der Waals surface area contributed by atoms with E-state index in [9.17, 15) is 4.79 Å². The molecule has 0 radical (unpaired) electrons. The lowest BCUT2D eigenvalue weighted by Crippen LogP contribution is -2.38. The molecule has 162 valence electrons. The van der Waals surface area contributed by atoms with Gasteiger partial charge in [0.25, 0.3) is 0 Å². The van der Waals surface area contributed by atoms with Gasteiger partial charge in [0.2, 0.25) is 0 Å². The van der Waals surface area contributed by atoms with Crippen molar-refractivity contribution in [3.63, 3.8) is 0 Å². The number of hydrogen-bond donors (Lipinski definition) is 0. The van der Waals surface area contributed by atoms with Crippen LogP contribution in [-0.4, -0.2) is 11.5 Å². The molecule has 1 spiro atoms. The van der Waals surface area contributed by atoms with Crippen molar-refractivity contribution in [2.75, 3.05) is 0 Å². The molecule has 0 atom stereocenters. The molecule has 1 aliphatic heterocycles. The van der Waals surface area contributed by atoms with Crippen molar-refractivity contribution in [3.05, 3.63) is 149 Å². The number of carbonyl (C=O) groups excluding carboxylic acids is 1. The van der Waals surface area contributed by atoms with Crippen LogP contribution < -0.4 is 0 Å². The quantitative estimate of drug-likeness (QED) is 0.244. The van der Waals surface area contributed by atoms with E-state index in [-0.39, 0.29) is 5.78 Å². The summed E-state index contributed by atoms with van der Waals surface area (Å²) in [6, 6.07) is 38.0. The van der Waals surface area contributed by atoms with Gasteiger partial charge in [-0.05, 0) is 39.3 Å². The summed E-state index contributed by atoms with van der Waals surface area (Å²) in [6.07, 6.45) is 1.85. The number of carbonyl (C=O) groups is 1. The average Bonchev–Trinajstić information content (AvgIpc) is 3.21. The van der Waals surface area contributed by atoms with Gasteiger partial charge in [-0.2, -0.15) is 0 Å². The van der Waals surface area contributed by atoms with Crippen LogP contribution in [0.1, 0.15) is 32.6 Å². The third kappa shape index (κ3) is 2.20. The molecule has 35 heavy (non-hydrogen) atoms. The second kappa shape index (κ2) is 6.52. The molecule has 1 heterocycles. The molecule has 8 rings (SSSR count).